The van der Waals surface area contributed by atoms with Gasteiger partial charge in [0, 0.05) is 0 Å². The lowest BCUT2D eigenvalue weighted by Gasteiger charge is -2.07. The van der Waals surface area contributed by atoms with Crippen molar-refractivity contribution >= 4 is 0 Å². The molecule has 0 bridgehead atoms. The number of hydrogen-bond acceptors (Lipinski definition) is 1. The zero-order valence-electron chi connectivity index (χ0n) is 9.73. The van der Waals surface area contributed by atoms with Crippen LogP contribution in [-0.2, 0) is 6.61 Å². The van der Waals surface area contributed by atoms with Gasteiger partial charge in [-0.25, -0.2) is 0 Å². The van der Waals surface area contributed by atoms with Crippen LogP contribution in [0.1, 0.15) is 16.7 Å². The maximum atomic E-state index is 5.73. The molecule has 0 saturated carbocycles. The Hall–Kier alpha value is -1.76. The van der Waals surface area contributed by atoms with Crippen molar-refractivity contribution in [2.45, 2.75) is 20.5 Å². The molecule has 0 aliphatic heterocycles. The molecule has 1 nitrogen and oxygen atoms in total. The molecule has 82 valence electrons. The summed E-state index contributed by atoms with van der Waals surface area (Å²) in [5.41, 5.74) is 3.70. The van der Waals surface area contributed by atoms with Crippen LogP contribution in [0, 0.1) is 13.8 Å². The highest BCUT2D eigenvalue weighted by Crippen LogP contribution is 2.14. The zero-order valence-corrected chi connectivity index (χ0v) is 9.73. The fourth-order valence-electron chi connectivity index (χ4n) is 1.67. The average Bonchev–Trinajstić information content (AvgIpc) is 2.27. The molecule has 0 radical (unpaired) electrons. The first-order chi connectivity index (χ1) is 7.74. The van der Waals surface area contributed by atoms with Gasteiger partial charge in [0.25, 0.3) is 0 Å². The lowest BCUT2D eigenvalue weighted by Crippen LogP contribution is -1.95. The lowest BCUT2D eigenvalue weighted by molar-refractivity contribution is 0.306. The third-order valence-corrected chi connectivity index (χ3v) is 2.48. The molecule has 0 saturated heterocycles. The SMILES string of the molecule is Cc1cccc(COc2cccc(C)c2)c1. The van der Waals surface area contributed by atoms with Gasteiger partial charge in [0.1, 0.15) is 12.4 Å². The highest BCUT2D eigenvalue weighted by molar-refractivity contribution is 5.28. The first-order valence-electron chi connectivity index (χ1n) is 5.49. The largest absolute Gasteiger partial charge is 0.489 e. The summed E-state index contributed by atoms with van der Waals surface area (Å²) in [7, 11) is 0. The Morgan fingerprint density at radius 1 is 0.875 bits per heavy atom. The molecule has 0 atom stereocenters. The van der Waals surface area contributed by atoms with E-state index in [0.717, 1.165) is 5.75 Å². The van der Waals surface area contributed by atoms with Crippen LogP contribution in [-0.4, -0.2) is 0 Å². The second-order valence-electron chi connectivity index (χ2n) is 4.09. The molecular formula is C15H16O. The van der Waals surface area contributed by atoms with E-state index in [4.69, 9.17) is 4.74 Å². The summed E-state index contributed by atoms with van der Waals surface area (Å²) < 4.78 is 5.73. The standard InChI is InChI=1S/C15H16O/c1-12-5-3-7-14(9-12)11-16-15-8-4-6-13(2)10-15/h3-10H,11H2,1-2H3. The number of benzene rings is 2. The molecule has 0 fully saturated rings. The third kappa shape index (κ3) is 2.86. The van der Waals surface area contributed by atoms with Gasteiger partial charge in [-0.1, -0.05) is 42.0 Å². The highest BCUT2D eigenvalue weighted by Gasteiger charge is 1.96. The van der Waals surface area contributed by atoms with Gasteiger partial charge in [0.2, 0.25) is 0 Å². The van der Waals surface area contributed by atoms with Crippen molar-refractivity contribution in [1.82, 2.24) is 0 Å². The molecule has 0 unspecified atom stereocenters. The van der Waals surface area contributed by atoms with Gasteiger partial charge in [-0.15, -0.1) is 0 Å². The van der Waals surface area contributed by atoms with Gasteiger partial charge in [-0.2, -0.15) is 0 Å². The second-order valence-corrected chi connectivity index (χ2v) is 4.09. The Labute approximate surface area is 96.7 Å². The Morgan fingerprint density at radius 2 is 1.56 bits per heavy atom. The maximum absolute atomic E-state index is 5.73. The van der Waals surface area contributed by atoms with E-state index in [1.807, 2.05) is 12.1 Å². The molecule has 0 heterocycles. The Morgan fingerprint density at radius 3 is 2.25 bits per heavy atom. The summed E-state index contributed by atoms with van der Waals surface area (Å²) >= 11 is 0. The van der Waals surface area contributed by atoms with Gasteiger partial charge in [-0.3, -0.25) is 0 Å². The van der Waals surface area contributed by atoms with E-state index in [0.29, 0.717) is 6.61 Å². The van der Waals surface area contributed by atoms with Crippen molar-refractivity contribution in [2.75, 3.05) is 0 Å². The van der Waals surface area contributed by atoms with E-state index in [9.17, 15) is 0 Å². The fourth-order valence-corrected chi connectivity index (χ4v) is 1.67. The molecule has 0 N–H and O–H groups in total. The van der Waals surface area contributed by atoms with Gasteiger partial charge in [0.05, 0.1) is 0 Å². The van der Waals surface area contributed by atoms with Crippen LogP contribution >= 0.6 is 0 Å². The van der Waals surface area contributed by atoms with Crippen molar-refractivity contribution in [3.05, 3.63) is 65.2 Å². The fraction of sp³-hybridized carbons (Fsp3) is 0.200. The quantitative estimate of drug-likeness (QED) is 0.750. The Balaban J connectivity index is 2.02. The molecule has 16 heavy (non-hydrogen) atoms. The summed E-state index contributed by atoms with van der Waals surface area (Å²) in [6.45, 7) is 4.79. The van der Waals surface area contributed by atoms with Crippen molar-refractivity contribution in [3.8, 4) is 5.75 Å². The molecule has 0 spiro atoms. The van der Waals surface area contributed by atoms with Crippen molar-refractivity contribution in [3.63, 3.8) is 0 Å². The van der Waals surface area contributed by atoms with Crippen molar-refractivity contribution in [2.24, 2.45) is 0 Å². The van der Waals surface area contributed by atoms with Gasteiger partial charge in [0.15, 0.2) is 0 Å². The van der Waals surface area contributed by atoms with E-state index in [1.54, 1.807) is 0 Å². The van der Waals surface area contributed by atoms with Gasteiger partial charge < -0.3 is 4.74 Å². The predicted octanol–water partition coefficient (Wildman–Crippen LogP) is 3.88. The summed E-state index contributed by atoms with van der Waals surface area (Å²) in [6, 6.07) is 16.5. The minimum atomic E-state index is 0.630. The summed E-state index contributed by atoms with van der Waals surface area (Å²) in [6.07, 6.45) is 0. The monoisotopic (exact) mass is 212 g/mol. The molecule has 1 heteroatoms. The minimum Gasteiger partial charge on any atom is -0.489 e. The van der Waals surface area contributed by atoms with Crippen LogP contribution in [0.5, 0.6) is 5.75 Å². The molecule has 2 rings (SSSR count). The average molecular weight is 212 g/mol. The molecule has 2 aromatic rings. The lowest BCUT2D eigenvalue weighted by atomic mass is 10.1. The second kappa shape index (κ2) is 4.84. The Bertz CT molecular complexity index is 429. The van der Waals surface area contributed by atoms with Crippen LogP contribution in [0.4, 0.5) is 0 Å². The van der Waals surface area contributed by atoms with Crippen LogP contribution in [0.25, 0.3) is 0 Å². The molecule has 0 aliphatic rings. The normalized spacial score (nSPS) is 10.1. The van der Waals surface area contributed by atoms with Crippen molar-refractivity contribution < 1.29 is 4.74 Å². The predicted molar refractivity (Wildman–Crippen MR) is 66.7 cm³/mol. The van der Waals surface area contributed by atoms with Crippen LogP contribution < -0.4 is 4.74 Å². The molecule has 2 aromatic carbocycles. The minimum absolute atomic E-state index is 0.630. The Kier molecular flexibility index (Phi) is 3.25. The maximum Gasteiger partial charge on any atom is 0.120 e. The smallest absolute Gasteiger partial charge is 0.120 e. The van der Waals surface area contributed by atoms with Crippen LogP contribution in [0.3, 0.4) is 0 Å². The zero-order chi connectivity index (χ0) is 11.4. The number of aryl methyl sites for hydroxylation is 2. The highest BCUT2D eigenvalue weighted by atomic mass is 16.5. The number of hydrogen-bond donors (Lipinski definition) is 0. The van der Waals surface area contributed by atoms with E-state index in [1.165, 1.54) is 16.7 Å². The van der Waals surface area contributed by atoms with E-state index in [-0.39, 0.29) is 0 Å². The van der Waals surface area contributed by atoms with Crippen LogP contribution in [0.15, 0.2) is 48.5 Å². The van der Waals surface area contributed by atoms with E-state index < -0.39 is 0 Å². The molecule has 0 aromatic heterocycles. The summed E-state index contributed by atoms with van der Waals surface area (Å²) in [4.78, 5) is 0. The van der Waals surface area contributed by atoms with Crippen molar-refractivity contribution in [1.29, 1.82) is 0 Å². The van der Waals surface area contributed by atoms with Gasteiger partial charge in [-0.05, 0) is 37.1 Å². The topological polar surface area (TPSA) is 9.23 Å². The summed E-state index contributed by atoms with van der Waals surface area (Å²) in [5, 5.41) is 0. The number of ether oxygens (including phenoxy) is 1. The molecule has 0 aliphatic carbocycles. The first-order valence-corrected chi connectivity index (χ1v) is 5.49. The van der Waals surface area contributed by atoms with Crippen LogP contribution in [0.2, 0.25) is 0 Å². The third-order valence-electron chi connectivity index (χ3n) is 2.48. The summed E-state index contributed by atoms with van der Waals surface area (Å²) in [5.74, 6) is 0.932. The van der Waals surface area contributed by atoms with Gasteiger partial charge >= 0.3 is 0 Å². The number of rotatable bonds is 3. The molecular weight excluding hydrogens is 196 g/mol. The first kappa shape index (κ1) is 10.7. The van der Waals surface area contributed by atoms with E-state index in [2.05, 4.69) is 50.2 Å². The van der Waals surface area contributed by atoms with E-state index >= 15 is 0 Å². The molecule has 0 amide bonds.